The molecular weight excluding hydrogens is 326 g/mol. The number of nitrogens with zero attached hydrogens (tertiary/aromatic N) is 1. The van der Waals surface area contributed by atoms with Gasteiger partial charge in [-0.05, 0) is 40.5 Å². The first kappa shape index (κ1) is 16.9. The summed E-state index contributed by atoms with van der Waals surface area (Å²) in [4.78, 5) is 13.5. The first-order chi connectivity index (χ1) is 9.58. The first-order valence-corrected chi connectivity index (χ1v) is 7.14. The number of hydrogen-bond acceptors (Lipinski definition) is 4. The van der Waals surface area contributed by atoms with Crippen molar-refractivity contribution in [2.24, 2.45) is 0 Å². The fourth-order valence-corrected chi connectivity index (χ4v) is 2.24. The number of carbonyl (C=O) groups excluding carboxylic acids is 1. The Morgan fingerprint density at radius 2 is 2.15 bits per heavy atom. The number of halogens is 1. The number of hydrogen-bond donors (Lipinski definition) is 1. The van der Waals surface area contributed by atoms with E-state index in [1.807, 2.05) is 25.1 Å². The summed E-state index contributed by atoms with van der Waals surface area (Å²) in [5, 5.41) is 8.96. The summed E-state index contributed by atoms with van der Waals surface area (Å²) in [6.07, 6.45) is 0. The molecule has 0 aromatic heterocycles. The lowest BCUT2D eigenvalue weighted by atomic mass is 10.2. The van der Waals surface area contributed by atoms with E-state index < -0.39 is 0 Å². The van der Waals surface area contributed by atoms with Crippen molar-refractivity contribution in [1.82, 2.24) is 4.90 Å². The quantitative estimate of drug-likeness (QED) is 0.777. The molecule has 0 unspecified atom stereocenters. The van der Waals surface area contributed by atoms with E-state index in [-0.39, 0.29) is 25.7 Å². The van der Waals surface area contributed by atoms with E-state index in [0.717, 1.165) is 10.0 Å². The van der Waals surface area contributed by atoms with E-state index in [1.165, 1.54) is 4.90 Å². The second kappa shape index (κ2) is 8.94. The Balaban J connectivity index is 2.55. The van der Waals surface area contributed by atoms with Crippen LogP contribution >= 0.6 is 15.9 Å². The van der Waals surface area contributed by atoms with Crippen molar-refractivity contribution in [1.29, 1.82) is 0 Å². The summed E-state index contributed by atoms with van der Waals surface area (Å²) in [5.74, 6) is 0.447. The lowest BCUT2D eigenvalue weighted by Crippen LogP contribution is -2.39. The van der Waals surface area contributed by atoms with Gasteiger partial charge in [-0.25, -0.2) is 0 Å². The molecule has 0 fully saturated rings. The molecule has 112 valence electrons. The molecule has 0 aliphatic rings. The minimum atomic E-state index is -0.177. The summed E-state index contributed by atoms with van der Waals surface area (Å²) in [5.41, 5.74) is 1.11. The molecule has 0 heterocycles. The number of benzene rings is 1. The molecule has 0 atom stereocenters. The molecule has 1 aromatic rings. The zero-order chi connectivity index (χ0) is 15.0. The summed E-state index contributed by atoms with van der Waals surface area (Å²) in [7, 11) is 1.57. The molecule has 1 amide bonds. The van der Waals surface area contributed by atoms with E-state index in [2.05, 4.69) is 15.9 Å². The van der Waals surface area contributed by atoms with Gasteiger partial charge >= 0.3 is 0 Å². The fraction of sp³-hybridized carbons (Fsp3) is 0.500. The molecule has 20 heavy (non-hydrogen) atoms. The molecule has 1 rings (SSSR count). The molecule has 0 saturated carbocycles. The van der Waals surface area contributed by atoms with Crippen molar-refractivity contribution in [3.05, 3.63) is 28.2 Å². The van der Waals surface area contributed by atoms with E-state index >= 15 is 0 Å². The lowest BCUT2D eigenvalue weighted by Gasteiger charge is -2.21. The molecule has 0 saturated heterocycles. The number of amides is 1. The zero-order valence-electron chi connectivity index (χ0n) is 11.8. The van der Waals surface area contributed by atoms with Crippen molar-refractivity contribution in [2.75, 3.05) is 40.0 Å². The molecule has 5 nitrogen and oxygen atoms in total. The van der Waals surface area contributed by atoms with Crippen LogP contribution in [0.2, 0.25) is 0 Å². The summed E-state index contributed by atoms with van der Waals surface area (Å²) in [6.45, 7) is 2.98. The van der Waals surface area contributed by atoms with Gasteiger partial charge in [0.05, 0.1) is 17.7 Å². The highest BCUT2D eigenvalue weighted by Gasteiger charge is 2.14. The van der Waals surface area contributed by atoms with Gasteiger partial charge in [0, 0.05) is 20.2 Å². The summed E-state index contributed by atoms with van der Waals surface area (Å²) < 4.78 is 11.3. The van der Waals surface area contributed by atoms with E-state index in [0.29, 0.717) is 18.9 Å². The Bertz CT molecular complexity index is 439. The Morgan fingerprint density at radius 3 is 2.75 bits per heavy atom. The topological polar surface area (TPSA) is 59.0 Å². The SMILES string of the molecule is COCCN(CCO)C(=O)COc1ccc(C)cc1Br. The normalized spacial score (nSPS) is 10.4. The molecule has 1 aromatic carbocycles. The predicted octanol–water partition coefficient (Wildman–Crippen LogP) is 1.60. The van der Waals surface area contributed by atoms with Gasteiger partial charge < -0.3 is 19.5 Å². The fourth-order valence-electron chi connectivity index (χ4n) is 1.64. The molecule has 0 bridgehead atoms. The van der Waals surface area contributed by atoms with E-state index in [1.54, 1.807) is 7.11 Å². The average molecular weight is 346 g/mol. The van der Waals surface area contributed by atoms with Gasteiger partial charge in [0.15, 0.2) is 6.61 Å². The number of aliphatic hydroxyl groups excluding tert-OH is 1. The second-order valence-electron chi connectivity index (χ2n) is 4.32. The predicted molar refractivity (Wildman–Crippen MR) is 79.9 cm³/mol. The van der Waals surface area contributed by atoms with E-state index in [9.17, 15) is 4.79 Å². The van der Waals surface area contributed by atoms with Gasteiger partial charge in [-0.3, -0.25) is 4.79 Å². The highest BCUT2D eigenvalue weighted by Crippen LogP contribution is 2.25. The number of rotatable bonds is 8. The van der Waals surface area contributed by atoms with Crippen LogP contribution in [0.3, 0.4) is 0 Å². The van der Waals surface area contributed by atoms with Gasteiger partial charge in [-0.2, -0.15) is 0 Å². The Morgan fingerprint density at radius 1 is 1.40 bits per heavy atom. The smallest absolute Gasteiger partial charge is 0.260 e. The minimum absolute atomic E-state index is 0.0641. The van der Waals surface area contributed by atoms with Crippen molar-refractivity contribution >= 4 is 21.8 Å². The van der Waals surface area contributed by atoms with Crippen LogP contribution in [0.5, 0.6) is 5.75 Å². The Kier molecular flexibility index (Phi) is 7.58. The minimum Gasteiger partial charge on any atom is -0.483 e. The van der Waals surface area contributed by atoms with Crippen molar-refractivity contribution in [2.45, 2.75) is 6.92 Å². The van der Waals surface area contributed by atoms with Gasteiger partial charge in [-0.1, -0.05) is 6.07 Å². The number of aliphatic hydroxyl groups is 1. The zero-order valence-corrected chi connectivity index (χ0v) is 13.4. The van der Waals surface area contributed by atoms with Gasteiger partial charge in [0.1, 0.15) is 5.75 Å². The molecule has 0 aliphatic heterocycles. The molecule has 0 radical (unpaired) electrons. The average Bonchev–Trinajstić information content (AvgIpc) is 2.42. The van der Waals surface area contributed by atoms with Crippen LogP contribution in [0.1, 0.15) is 5.56 Å². The lowest BCUT2D eigenvalue weighted by molar-refractivity contribution is -0.134. The maximum atomic E-state index is 12.0. The highest BCUT2D eigenvalue weighted by molar-refractivity contribution is 9.10. The number of ether oxygens (including phenoxy) is 2. The van der Waals surface area contributed by atoms with Crippen molar-refractivity contribution in [3.8, 4) is 5.75 Å². The van der Waals surface area contributed by atoms with E-state index in [4.69, 9.17) is 14.6 Å². The van der Waals surface area contributed by atoms with Crippen LogP contribution in [0.25, 0.3) is 0 Å². The third-order valence-corrected chi connectivity index (χ3v) is 3.35. The van der Waals surface area contributed by atoms with Gasteiger partial charge in [0.25, 0.3) is 5.91 Å². The Hall–Kier alpha value is -1.11. The van der Waals surface area contributed by atoms with Crippen LogP contribution in [-0.4, -0.2) is 55.9 Å². The number of carbonyl (C=O) groups is 1. The molecule has 0 aliphatic carbocycles. The van der Waals surface area contributed by atoms with Crippen LogP contribution in [0.15, 0.2) is 22.7 Å². The Labute approximate surface area is 127 Å². The third-order valence-electron chi connectivity index (χ3n) is 2.73. The van der Waals surface area contributed by atoms with Crippen LogP contribution < -0.4 is 4.74 Å². The van der Waals surface area contributed by atoms with Crippen LogP contribution in [0, 0.1) is 6.92 Å². The maximum absolute atomic E-state index is 12.0. The monoisotopic (exact) mass is 345 g/mol. The first-order valence-electron chi connectivity index (χ1n) is 6.35. The largest absolute Gasteiger partial charge is 0.483 e. The summed E-state index contributed by atoms with van der Waals surface area (Å²) >= 11 is 3.40. The second-order valence-corrected chi connectivity index (χ2v) is 5.17. The third kappa shape index (κ3) is 5.48. The molecular formula is C14H20BrNO4. The summed E-state index contributed by atoms with van der Waals surface area (Å²) in [6, 6.07) is 5.66. The van der Waals surface area contributed by atoms with Crippen LogP contribution in [-0.2, 0) is 9.53 Å². The standard InChI is InChI=1S/C14H20BrNO4/c1-11-3-4-13(12(15)9-11)20-10-14(18)16(5-7-17)6-8-19-2/h3-4,9,17H,5-8,10H2,1-2H3. The molecule has 1 N–H and O–H groups in total. The molecule has 0 spiro atoms. The van der Waals surface area contributed by atoms with Crippen molar-refractivity contribution in [3.63, 3.8) is 0 Å². The molecule has 6 heteroatoms. The number of aryl methyl sites for hydroxylation is 1. The highest BCUT2D eigenvalue weighted by atomic mass is 79.9. The van der Waals surface area contributed by atoms with Gasteiger partial charge in [0.2, 0.25) is 0 Å². The maximum Gasteiger partial charge on any atom is 0.260 e. The van der Waals surface area contributed by atoms with Crippen molar-refractivity contribution < 1.29 is 19.4 Å². The van der Waals surface area contributed by atoms with Crippen LogP contribution in [0.4, 0.5) is 0 Å². The number of methoxy groups -OCH3 is 1. The van der Waals surface area contributed by atoms with Gasteiger partial charge in [-0.15, -0.1) is 0 Å².